The van der Waals surface area contributed by atoms with E-state index in [1.807, 2.05) is 24.8 Å². The van der Waals surface area contributed by atoms with Gasteiger partial charge in [-0.05, 0) is 38.1 Å². The van der Waals surface area contributed by atoms with Gasteiger partial charge in [0.1, 0.15) is 5.69 Å². The van der Waals surface area contributed by atoms with E-state index in [1.54, 1.807) is 24.4 Å². The normalized spacial score (nSPS) is 22.5. The standard InChI is InChI=1S/C15H17N3O3/c1-10-8-17(9-11(2)21-10)14-6-5-13-12(4-3-7-16-13)15(14)18(19)20/h3-7,10-11H,8-9H2,1-2H3/t10-,11+. The third-order valence-corrected chi connectivity index (χ3v) is 3.68. The van der Waals surface area contributed by atoms with Crippen molar-refractivity contribution in [3.05, 3.63) is 40.6 Å². The fraction of sp³-hybridized carbons (Fsp3) is 0.400. The maximum Gasteiger partial charge on any atom is 0.301 e. The predicted molar refractivity (Wildman–Crippen MR) is 80.6 cm³/mol. The number of nitro benzene ring substituents is 1. The molecule has 0 spiro atoms. The number of anilines is 1. The highest BCUT2D eigenvalue weighted by atomic mass is 16.6. The van der Waals surface area contributed by atoms with Crippen LogP contribution in [0.2, 0.25) is 0 Å². The molecule has 0 N–H and O–H groups in total. The van der Waals surface area contributed by atoms with Gasteiger partial charge in [-0.2, -0.15) is 0 Å². The summed E-state index contributed by atoms with van der Waals surface area (Å²) in [5, 5.41) is 12.1. The van der Waals surface area contributed by atoms with E-state index in [4.69, 9.17) is 4.74 Å². The summed E-state index contributed by atoms with van der Waals surface area (Å²) in [4.78, 5) is 17.5. The Bertz CT molecular complexity index is 679. The molecule has 0 aliphatic carbocycles. The molecule has 2 atom stereocenters. The number of rotatable bonds is 2. The van der Waals surface area contributed by atoms with E-state index in [1.165, 1.54) is 0 Å². The number of pyridine rings is 1. The number of ether oxygens (including phenoxy) is 1. The van der Waals surface area contributed by atoms with E-state index in [9.17, 15) is 10.1 Å². The highest BCUT2D eigenvalue weighted by Crippen LogP contribution is 2.36. The van der Waals surface area contributed by atoms with Crippen LogP contribution in [0.4, 0.5) is 11.4 Å². The lowest BCUT2D eigenvalue weighted by Crippen LogP contribution is -2.45. The molecule has 0 radical (unpaired) electrons. The minimum absolute atomic E-state index is 0.0537. The third kappa shape index (κ3) is 2.54. The van der Waals surface area contributed by atoms with E-state index < -0.39 is 0 Å². The first-order valence-corrected chi connectivity index (χ1v) is 6.99. The zero-order chi connectivity index (χ0) is 15.0. The van der Waals surface area contributed by atoms with Crippen LogP contribution in [-0.2, 0) is 4.74 Å². The predicted octanol–water partition coefficient (Wildman–Crippen LogP) is 2.76. The van der Waals surface area contributed by atoms with Crippen molar-refractivity contribution in [1.29, 1.82) is 0 Å². The molecule has 21 heavy (non-hydrogen) atoms. The van der Waals surface area contributed by atoms with Gasteiger partial charge in [0.25, 0.3) is 0 Å². The number of nitrogens with zero attached hydrogens (tertiary/aromatic N) is 3. The Labute approximate surface area is 122 Å². The Morgan fingerprint density at radius 1 is 1.29 bits per heavy atom. The van der Waals surface area contributed by atoms with Crippen molar-refractivity contribution < 1.29 is 9.66 Å². The summed E-state index contributed by atoms with van der Waals surface area (Å²) in [7, 11) is 0. The lowest BCUT2D eigenvalue weighted by Gasteiger charge is -2.36. The van der Waals surface area contributed by atoms with Gasteiger partial charge >= 0.3 is 5.69 Å². The van der Waals surface area contributed by atoms with Crippen molar-refractivity contribution in [1.82, 2.24) is 4.98 Å². The number of nitro groups is 1. The first kappa shape index (κ1) is 13.8. The molecule has 1 aromatic heterocycles. The van der Waals surface area contributed by atoms with Crippen molar-refractivity contribution in [2.24, 2.45) is 0 Å². The van der Waals surface area contributed by atoms with Crippen LogP contribution in [0.25, 0.3) is 10.9 Å². The molecular formula is C15H17N3O3. The van der Waals surface area contributed by atoms with Crippen molar-refractivity contribution in [3.8, 4) is 0 Å². The quantitative estimate of drug-likeness (QED) is 0.627. The number of hydrogen-bond donors (Lipinski definition) is 0. The number of benzene rings is 1. The largest absolute Gasteiger partial charge is 0.372 e. The van der Waals surface area contributed by atoms with Crippen LogP contribution in [-0.4, -0.2) is 35.2 Å². The van der Waals surface area contributed by atoms with Crippen LogP contribution >= 0.6 is 0 Å². The van der Waals surface area contributed by atoms with E-state index in [-0.39, 0.29) is 22.8 Å². The minimum Gasteiger partial charge on any atom is -0.372 e. The number of hydrogen-bond acceptors (Lipinski definition) is 5. The maximum atomic E-state index is 11.6. The van der Waals surface area contributed by atoms with Gasteiger partial charge in [-0.15, -0.1) is 0 Å². The Morgan fingerprint density at radius 2 is 2.00 bits per heavy atom. The van der Waals surface area contributed by atoms with Gasteiger partial charge in [0.05, 0.1) is 28.0 Å². The first-order chi connectivity index (χ1) is 10.1. The molecule has 0 bridgehead atoms. The summed E-state index contributed by atoms with van der Waals surface area (Å²) >= 11 is 0. The summed E-state index contributed by atoms with van der Waals surface area (Å²) in [6.45, 7) is 5.27. The van der Waals surface area contributed by atoms with E-state index in [2.05, 4.69) is 4.98 Å². The molecule has 110 valence electrons. The Kier molecular flexibility index (Phi) is 3.47. The van der Waals surface area contributed by atoms with Gasteiger partial charge in [-0.1, -0.05) is 0 Å². The lowest BCUT2D eigenvalue weighted by molar-refractivity contribution is -0.382. The molecule has 0 amide bonds. The van der Waals surface area contributed by atoms with Crippen LogP contribution in [0.3, 0.4) is 0 Å². The minimum atomic E-state index is -0.315. The van der Waals surface area contributed by atoms with Gasteiger partial charge in [-0.25, -0.2) is 0 Å². The summed E-state index contributed by atoms with van der Waals surface area (Å²) in [6.07, 6.45) is 1.75. The van der Waals surface area contributed by atoms with Crippen molar-refractivity contribution >= 4 is 22.3 Å². The Balaban J connectivity index is 2.13. The van der Waals surface area contributed by atoms with Crippen LogP contribution in [0.5, 0.6) is 0 Å². The second kappa shape index (κ2) is 5.29. The summed E-state index contributed by atoms with van der Waals surface area (Å²) in [5.74, 6) is 0. The fourth-order valence-corrected chi connectivity index (χ4v) is 2.95. The SMILES string of the molecule is C[C@@H]1CN(c2ccc3ncccc3c2[N+](=O)[O-])C[C@H](C)O1. The highest BCUT2D eigenvalue weighted by Gasteiger charge is 2.28. The maximum absolute atomic E-state index is 11.6. The zero-order valence-electron chi connectivity index (χ0n) is 12.0. The molecule has 2 heterocycles. The van der Waals surface area contributed by atoms with Gasteiger partial charge in [0, 0.05) is 19.3 Å². The van der Waals surface area contributed by atoms with Crippen molar-refractivity contribution in [2.75, 3.05) is 18.0 Å². The Morgan fingerprint density at radius 3 is 2.67 bits per heavy atom. The third-order valence-electron chi connectivity index (χ3n) is 3.68. The van der Waals surface area contributed by atoms with Gasteiger partial charge in [0.2, 0.25) is 0 Å². The molecule has 2 aromatic rings. The molecule has 0 unspecified atom stereocenters. The number of aromatic nitrogens is 1. The zero-order valence-corrected chi connectivity index (χ0v) is 12.0. The smallest absolute Gasteiger partial charge is 0.301 e. The molecule has 0 saturated carbocycles. The van der Waals surface area contributed by atoms with Crippen molar-refractivity contribution in [2.45, 2.75) is 26.1 Å². The molecule has 3 rings (SSSR count). The summed E-state index contributed by atoms with van der Waals surface area (Å²) < 4.78 is 5.70. The highest BCUT2D eigenvalue weighted by molar-refractivity contribution is 5.94. The lowest BCUT2D eigenvalue weighted by atomic mass is 10.1. The van der Waals surface area contributed by atoms with Gasteiger partial charge in [0.15, 0.2) is 0 Å². The average molecular weight is 287 g/mol. The number of fused-ring (bicyclic) bond motifs is 1. The van der Waals surface area contributed by atoms with Crippen molar-refractivity contribution in [3.63, 3.8) is 0 Å². The molecule has 1 aromatic carbocycles. The molecule has 1 fully saturated rings. The van der Waals surface area contributed by atoms with Crippen LogP contribution in [0.15, 0.2) is 30.5 Å². The fourth-order valence-electron chi connectivity index (χ4n) is 2.95. The van der Waals surface area contributed by atoms with Crippen LogP contribution in [0.1, 0.15) is 13.8 Å². The first-order valence-electron chi connectivity index (χ1n) is 6.99. The second-order valence-corrected chi connectivity index (χ2v) is 5.42. The van der Waals surface area contributed by atoms with Gasteiger partial charge in [-0.3, -0.25) is 15.1 Å². The number of morpholine rings is 1. The molecule has 6 nitrogen and oxygen atoms in total. The molecule has 6 heteroatoms. The van der Waals surface area contributed by atoms with E-state index in [0.717, 1.165) is 0 Å². The van der Waals surface area contributed by atoms with E-state index >= 15 is 0 Å². The van der Waals surface area contributed by atoms with E-state index in [0.29, 0.717) is 29.7 Å². The van der Waals surface area contributed by atoms with Crippen LogP contribution < -0.4 is 4.90 Å². The second-order valence-electron chi connectivity index (χ2n) is 5.42. The Hall–Kier alpha value is -2.21. The van der Waals surface area contributed by atoms with Crippen LogP contribution in [0, 0.1) is 10.1 Å². The molecular weight excluding hydrogens is 270 g/mol. The summed E-state index contributed by atoms with van der Waals surface area (Å²) in [5.41, 5.74) is 1.41. The van der Waals surface area contributed by atoms with Gasteiger partial charge < -0.3 is 9.64 Å². The average Bonchev–Trinajstić information content (AvgIpc) is 2.44. The molecule has 1 aliphatic rings. The monoisotopic (exact) mass is 287 g/mol. The molecule has 1 aliphatic heterocycles. The molecule has 1 saturated heterocycles. The topological polar surface area (TPSA) is 68.5 Å². The summed E-state index contributed by atoms with van der Waals surface area (Å²) in [6, 6.07) is 7.10.